The van der Waals surface area contributed by atoms with Gasteiger partial charge in [0.25, 0.3) is 0 Å². The average Bonchev–Trinajstić information content (AvgIpc) is 2.89. The smallest absolute Gasteiger partial charge is 0.228 e. The largest absolute Gasteiger partial charge is 0.344 e. The maximum Gasteiger partial charge on any atom is 0.228 e. The molecule has 1 amide bonds. The van der Waals surface area contributed by atoms with Crippen LogP contribution >= 0.6 is 0 Å². The summed E-state index contributed by atoms with van der Waals surface area (Å²) in [7, 11) is 2.04. The van der Waals surface area contributed by atoms with Gasteiger partial charge < -0.3 is 10.2 Å². The van der Waals surface area contributed by atoms with Crippen molar-refractivity contribution in [1.29, 1.82) is 0 Å². The van der Waals surface area contributed by atoms with E-state index in [1.54, 1.807) is 0 Å². The van der Waals surface area contributed by atoms with E-state index in [2.05, 4.69) is 10.2 Å². The van der Waals surface area contributed by atoms with E-state index in [1.165, 1.54) is 51.4 Å². The Bertz CT molecular complexity index is 365. The van der Waals surface area contributed by atoms with Crippen LogP contribution in [0.2, 0.25) is 0 Å². The summed E-state index contributed by atoms with van der Waals surface area (Å²) in [5.74, 6) is 3.07. The van der Waals surface area contributed by atoms with Crippen molar-refractivity contribution in [2.45, 2.75) is 57.4 Å². The van der Waals surface area contributed by atoms with Gasteiger partial charge in [-0.3, -0.25) is 4.79 Å². The highest BCUT2D eigenvalue weighted by Crippen LogP contribution is 2.60. The molecule has 0 aromatic heterocycles. The Labute approximate surface area is 122 Å². The Morgan fingerprint density at radius 1 is 1.15 bits per heavy atom. The lowest BCUT2D eigenvalue weighted by Gasteiger charge is -2.56. The summed E-state index contributed by atoms with van der Waals surface area (Å²) in [6, 6.07) is 0.540. The lowest BCUT2D eigenvalue weighted by atomic mass is 9.49. The van der Waals surface area contributed by atoms with Gasteiger partial charge in [0.15, 0.2) is 0 Å². The molecule has 1 saturated heterocycles. The predicted octanol–water partition coefficient (Wildman–Crippen LogP) is 2.41. The number of hydrogen-bond acceptors (Lipinski definition) is 2. The van der Waals surface area contributed by atoms with Crippen molar-refractivity contribution in [3.63, 3.8) is 0 Å². The van der Waals surface area contributed by atoms with Crippen LogP contribution in [0.5, 0.6) is 0 Å². The third-order valence-electron chi connectivity index (χ3n) is 6.50. The first-order valence-corrected chi connectivity index (χ1v) is 8.63. The topological polar surface area (TPSA) is 32.3 Å². The number of rotatable bonds is 3. The summed E-state index contributed by atoms with van der Waals surface area (Å²) in [4.78, 5) is 15.1. The highest BCUT2D eigenvalue weighted by atomic mass is 16.2. The molecule has 20 heavy (non-hydrogen) atoms. The quantitative estimate of drug-likeness (QED) is 0.858. The lowest BCUT2D eigenvalue weighted by molar-refractivity contribution is -0.156. The van der Waals surface area contributed by atoms with Crippen molar-refractivity contribution < 1.29 is 4.79 Å². The van der Waals surface area contributed by atoms with Gasteiger partial charge in [0.05, 0.1) is 5.41 Å². The normalized spacial score (nSPS) is 45.9. The molecule has 4 saturated carbocycles. The van der Waals surface area contributed by atoms with E-state index < -0.39 is 0 Å². The Morgan fingerprint density at radius 2 is 1.75 bits per heavy atom. The van der Waals surface area contributed by atoms with E-state index in [0.717, 1.165) is 30.8 Å². The second-order valence-electron chi connectivity index (χ2n) is 8.18. The standard InChI is InChI=1S/C17H28N2O/c1-19(11-15-3-2-4-18-15)16(20)17-8-12-5-13(9-17)7-14(6-12)10-17/h12-15,18H,2-11H2,1H3. The minimum Gasteiger partial charge on any atom is -0.344 e. The molecule has 1 heterocycles. The maximum atomic E-state index is 13.1. The van der Waals surface area contributed by atoms with E-state index in [1.807, 2.05) is 7.05 Å². The highest BCUT2D eigenvalue weighted by Gasteiger charge is 2.55. The van der Waals surface area contributed by atoms with Crippen molar-refractivity contribution in [2.75, 3.05) is 20.1 Å². The van der Waals surface area contributed by atoms with E-state index in [-0.39, 0.29) is 5.41 Å². The summed E-state index contributed by atoms with van der Waals surface area (Å²) in [6.07, 6.45) is 10.3. The third kappa shape index (κ3) is 2.09. The second-order valence-corrected chi connectivity index (χ2v) is 8.18. The van der Waals surface area contributed by atoms with E-state index >= 15 is 0 Å². The zero-order chi connectivity index (χ0) is 13.7. The molecule has 3 nitrogen and oxygen atoms in total. The van der Waals surface area contributed by atoms with Gasteiger partial charge >= 0.3 is 0 Å². The molecule has 0 aromatic carbocycles. The number of hydrogen-bond donors (Lipinski definition) is 1. The molecule has 5 aliphatic rings. The number of amides is 1. The molecule has 1 aliphatic heterocycles. The molecule has 0 aromatic rings. The van der Waals surface area contributed by atoms with Gasteiger partial charge in [-0.2, -0.15) is 0 Å². The minimum atomic E-state index is 0.0438. The number of nitrogens with zero attached hydrogens (tertiary/aromatic N) is 1. The molecule has 4 bridgehead atoms. The van der Waals surface area contributed by atoms with Crippen molar-refractivity contribution in [1.82, 2.24) is 10.2 Å². The lowest BCUT2D eigenvalue weighted by Crippen LogP contribution is -2.55. The molecular weight excluding hydrogens is 248 g/mol. The van der Waals surface area contributed by atoms with Crippen molar-refractivity contribution in [3.8, 4) is 0 Å². The molecule has 3 heteroatoms. The summed E-state index contributed by atoms with van der Waals surface area (Å²) in [6.45, 7) is 2.05. The highest BCUT2D eigenvalue weighted by molar-refractivity contribution is 5.83. The summed E-state index contributed by atoms with van der Waals surface area (Å²) < 4.78 is 0. The van der Waals surface area contributed by atoms with E-state index in [4.69, 9.17) is 0 Å². The fourth-order valence-corrected chi connectivity index (χ4v) is 6.10. The number of likely N-dealkylation sites (N-methyl/N-ethyl adjacent to an activating group) is 1. The molecule has 5 rings (SSSR count). The number of carbonyl (C=O) groups is 1. The molecule has 1 unspecified atom stereocenters. The van der Waals surface area contributed by atoms with Crippen LogP contribution in [0.4, 0.5) is 0 Å². The van der Waals surface area contributed by atoms with Crippen LogP contribution in [0, 0.1) is 23.2 Å². The van der Waals surface area contributed by atoms with Gasteiger partial charge in [0.2, 0.25) is 5.91 Å². The molecule has 112 valence electrons. The first-order chi connectivity index (χ1) is 9.64. The van der Waals surface area contributed by atoms with Gasteiger partial charge in [0, 0.05) is 19.6 Å². The fourth-order valence-electron chi connectivity index (χ4n) is 6.10. The number of nitrogens with one attached hydrogen (secondary N) is 1. The van der Waals surface area contributed by atoms with Gasteiger partial charge in [-0.25, -0.2) is 0 Å². The molecule has 0 spiro atoms. The molecule has 4 aliphatic carbocycles. The van der Waals surface area contributed by atoms with Crippen LogP contribution in [0.25, 0.3) is 0 Å². The second kappa shape index (κ2) is 4.72. The van der Waals surface area contributed by atoms with E-state index in [0.29, 0.717) is 11.9 Å². The zero-order valence-corrected chi connectivity index (χ0v) is 12.7. The van der Waals surface area contributed by atoms with Crippen molar-refractivity contribution in [3.05, 3.63) is 0 Å². The minimum absolute atomic E-state index is 0.0438. The SMILES string of the molecule is CN(CC1CCCN1)C(=O)C12CC3CC(CC(C3)C1)C2. The van der Waals surface area contributed by atoms with Crippen LogP contribution in [0.3, 0.4) is 0 Å². The monoisotopic (exact) mass is 276 g/mol. The maximum absolute atomic E-state index is 13.1. The van der Waals surface area contributed by atoms with Crippen LogP contribution < -0.4 is 5.32 Å². The van der Waals surface area contributed by atoms with Crippen LogP contribution in [0.1, 0.15) is 51.4 Å². The number of carbonyl (C=O) groups excluding carboxylic acids is 1. The molecule has 1 atom stereocenters. The van der Waals surface area contributed by atoms with Gasteiger partial charge in [-0.15, -0.1) is 0 Å². The van der Waals surface area contributed by atoms with Crippen LogP contribution in [0.15, 0.2) is 0 Å². The van der Waals surface area contributed by atoms with Crippen LogP contribution in [-0.4, -0.2) is 37.0 Å². The van der Waals surface area contributed by atoms with Gasteiger partial charge in [-0.1, -0.05) is 0 Å². The molecule has 5 fully saturated rings. The molecular formula is C17H28N2O. The Balaban J connectivity index is 1.47. The first-order valence-electron chi connectivity index (χ1n) is 8.63. The first kappa shape index (κ1) is 13.1. The van der Waals surface area contributed by atoms with Crippen molar-refractivity contribution >= 4 is 5.91 Å². The third-order valence-corrected chi connectivity index (χ3v) is 6.50. The van der Waals surface area contributed by atoms with Gasteiger partial charge in [0.1, 0.15) is 0 Å². The Hall–Kier alpha value is -0.570. The molecule has 1 N–H and O–H groups in total. The van der Waals surface area contributed by atoms with Crippen molar-refractivity contribution in [2.24, 2.45) is 23.2 Å². The van der Waals surface area contributed by atoms with E-state index in [9.17, 15) is 4.79 Å². The Morgan fingerprint density at radius 3 is 2.25 bits per heavy atom. The predicted molar refractivity (Wildman–Crippen MR) is 79.3 cm³/mol. The average molecular weight is 276 g/mol. The Kier molecular flexibility index (Phi) is 3.10. The zero-order valence-electron chi connectivity index (χ0n) is 12.7. The summed E-state index contributed by atoms with van der Waals surface area (Å²) >= 11 is 0. The summed E-state index contributed by atoms with van der Waals surface area (Å²) in [5, 5.41) is 3.52. The molecule has 0 radical (unpaired) electrons. The summed E-state index contributed by atoms with van der Waals surface area (Å²) in [5.41, 5.74) is 0.0438. The van der Waals surface area contributed by atoms with Crippen LogP contribution in [-0.2, 0) is 4.79 Å². The van der Waals surface area contributed by atoms with Gasteiger partial charge in [-0.05, 0) is 75.7 Å². The fraction of sp³-hybridized carbons (Fsp3) is 0.941.